The molecule has 4 rings (SSSR count). The van der Waals surface area contributed by atoms with E-state index in [0.717, 1.165) is 23.9 Å². The van der Waals surface area contributed by atoms with Gasteiger partial charge >= 0.3 is 0 Å². The van der Waals surface area contributed by atoms with E-state index in [1.54, 1.807) is 35.2 Å². The van der Waals surface area contributed by atoms with Gasteiger partial charge in [-0.25, -0.2) is 8.42 Å². The summed E-state index contributed by atoms with van der Waals surface area (Å²) in [6.07, 6.45) is 1.93. The molecular weight excluding hydrogens is 400 g/mol. The number of benzene rings is 3. The first kappa shape index (κ1) is 19.8. The number of rotatable bonds is 4. The molecule has 152 valence electrons. The lowest BCUT2D eigenvalue weighted by atomic mass is 10.1. The molecule has 6 nitrogen and oxygen atoms in total. The lowest BCUT2D eigenvalue weighted by molar-refractivity contribution is 0.0988. The maximum Gasteiger partial charge on any atom is 0.258 e. The van der Waals surface area contributed by atoms with E-state index in [2.05, 4.69) is 5.32 Å². The second-order valence-electron chi connectivity index (χ2n) is 7.17. The average Bonchev–Trinajstić information content (AvgIpc) is 3.17. The smallest absolute Gasteiger partial charge is 0.258 e. The Kier molecular flexibility index (Phi) is 5.13. The maximum absolute atomic E-state index is 12.9. The molecule has 0 spiro atoms. The Labute approximate surface area is 175 Å². The number of sulfone groups is 1. The Morgan fingerprint density at radius 3 is 2.37 bits per heavy atom. The molecule has 30 heavy (non-hydrogen) atoms. The molecule has 1 aliphatic rings. The molecule has 0 bridgehead atoms. The molecule has 0 atom stereocenters. The number of hydrogen-bond acceptors (Lipinski definition) is 4. The molecule has 0 radical (unpaired) electrons. The standard InChI is InChI=1S/C23H20N2O4S/c1-30(28,29)20-7-4-6-18(15-20)22(26)24-19-11-9-17(10-12-19)23(27)25-14-13-16-5-2-3-8-21(16)25/h2-12,15H,13-14H2,1H3,(H,24,26). The molecule has 0 saturated heterocycles. The number of amides is 2. The largest absolute Gasteiger partial charge is 0.322 e. The molecule has 0 unspecified atom stereocenters. The summed E-state index contributed by atoms with van der Waals surface area (Å²) < 4.78 is 23.4. The van der Waals surface area contributed by atoms with Crippen molar-refractivity contribution < 1.29 is 18.0 Å². The van der Waals surface area contributed by atoms with Gasteiger partial charge in [0.2, 0.25) is 0 Å². The van der Waals surface area contributed by atoms with Crippen LogP contribution in [0.4, 0.5) is 11.4 Å². The monoisotopic (exact) mass is 420 g/mol. The van der Waals surface area contributed by atoms with E-state index in [4.69, 9.17) is 0 Å². The summed E-state index contributed by atoms with van der Waals surface area (Å²) in [4.78, 5) is 27.2. The lowest BCUT2D eigenvalue weighted by Crippen LogP contribution is -2.28. The van der Waals surface area contributed by atoms with Gasteiger partial charge in [0.25, 0.3) is 11.8 Å². The minimum Gasteiger partial charge on any atom is -0.322 e. The third kappa shape index (κ3) is 3.97. The fraction of sp³-hybridized carbons (Fsp3) is 0.130. The number of nitrogens with zero attached hydrogens (tertiary/aromatic N) is 1. The van der Waals surface area contributed by atoms with Crippen LogP contribution in [0, 0.1) is 0 Å². The molecule has 3 aromatic rings. The third-order valence-electron chi connectivity index (χ3n) is 5.05. The van der Waals surface area contributed by atoms with Crippen molar-refractivity contribution in [3.05, 3.63) is 89.5 Å². The van der Waals surface area contributed by atoms with E-state index in [0.29, 0.717) is 17.8 Å². The zero-order valence-electron chi connectivity index (χ0n) is 16.3. The van der Waals surface area contributed by atoms with Crippen LogP contribution >= 0.6 is 0 Å². The fourth-order valence-corrected chi connectivity index (χ4v) is 4.14. The summed E-state index contributed by atoms with van der Waals surface area (Å²) >= 11 is 0. The van der Waals surface area contributed by atoms with Gasteiger partial charge < -0.3 is 10.2 Å². The molecule has 1 aliphatic heterocycles. The minimum absolute atomic E-state index is 0.0846. The number of nitrogens with one attached hydrogen (secondary N) is 1. The van der Waals surface area contributed by atoms with E-state index < -0.39 is 15.7 Å². The number of para-hydroxylation sites is 1. The van der Waals surface area contributed by atoms with Crippen molar-refractivity contribution in [3.63, 3.8) is 0 Å². The SMILES string of the molecule is CS(=O)(=O)c1cccc(C(=O)Nc2ccc(C(=O)N3CCc4ccccc43)cc2)c1. The van der Waals surface area contributed by atoms with E-state index in [-0.39, 0.29) is 16.4 Å². The van der Waals surface area contributed by atoms with Gasteiger partial charge in [-0.3, -0.25) is 9.59 Å². The van der Waals surface area contributed by atoms with E-state index in [1.165, 1.54) is 18.2 Å². The molecule has 1 N–H and O–H groups in total. The Hall–Kier alpha value is -3.45. The molecule has 0 aliphatic carbocycles. The van der Waals surface area contributed by atoms with E-state index in [1.807, 2.05) is 24.3 Å². The highest BCUT2D eigenvalue weighted by Crippen LogP contribution is 2.29. The fourth-order valence-electron chi connectivity index (χ4n) is 3.47. The van der Waals surface area contributed by atoms with Gasteiger partial charge in [0.05, 0.1) is 4.90 Å². The Morgan fingerprint density at radius 1 is 0.900 bits per heavy atom. The van der Waals surface area contributed by atoms with Crippen LogP contribution in [-0.2, 0) is 16.3 Å². The molecule has 0 fully saturated rings. The zero-order chi connectivity index (χ0) is 21.3. The molecule has 1 heterocycles. The Balaban J connectivity index is 1.48. The molecule has 3 aromatic carbocycles. The van der Waals surface area contributed by atoms with Crippen molar-refractivity contribution in [1.82, 2.24) is 0 Å². The van der Waals surface area contributed by atoms with Gasteiger partial charge in [0.15, 0.2) is 9.84 Å². The van der Waals surface area contributed by atoms with Crippen molar-refractivity contribution in [1.29, 1.82) is 0 Å². The summed E-state index contributed by atoms with van der Waals surface area (Å²) in [5.74, 6) is -0.508. The van der Waals surface area contributed by atoms with Crippen molar-refractivity contribution in [2.24, 2.45) is 0 Å². The van der Waals surface area contributed by atoms with Crippen LogP contribution in [0.1, 0.15) is 26.3 Å². The summed E-state index contributed by atoms with van der Waals surface area (Å²) in [5, 5.41) is 2.73. The van der Waals surface area contributed by atoms with Crippen LogP contribution in [0.5, 0.6) is 0 Å². The van der Waals surface area contributed by atoms with Crippen LogP contribution in [0.25, 0.3) is 0 Å². The van der Waals surface area contributed by atoms with Gasteiger partial charge in [-0.05, 0) is 60.5 Å². The zero-order valence-corrected chi connectivity index (χ0v) is 17.1. The second kappa shape index (κ2) is 7.76. The molecule has 0 saturated carbocycles. The molecule has 7 heteroatoms. The maximum atomic E-state index is 12.9. The average molecular weight is 420 g/mol. The van der Waals surface area contributed by atoms with E-state index in [9.17, 15) is 18.0 Å². The first-order valence-electron chi connectivity index (χ1n) is 9.44. The summed E-state index contributed by atoms with van der Waals surface area (Å²) in [5.41, 5.74) is 3.38. The van der Waals surface area contributed by atoms with Crippen molar-refractivity contribution >= 4 is 33.0 Å². The van der Waals surface area contributed by atoms with E-state index >= 15 is 0 Å². The van der Waals surface area contributed by atoms with Crippen LogP contribution < -0.4 is 10.2 Å². The third-order valence-corrected chi connectivity index (χ3v) is 6.16. The number of anilines is 2. The predicted molar refractivity (Wildman–Crippen MR) is 116 cm³/mol. The van der Waals surface area contributed by atoms with Gasteiger partial charge in [-0.15, -0.1) is 0 Å². The minimum atomic E-state index is -3.40. The van der Waals surface area contributed by atoms with Crippen LogP contribution in [0.15, 0.2) is 77.7 Å². The summed E-state index contributed by atoms with van der Waals surface area (Å²) in [7, 11) is -3.40. The number of fused-ring (bicyclic) bond motifs is 1. The summed E-state index contributed by atoms with van der Waals surface area (Å²) in [6, 6.07) is 20.4. The van der Waals surface area contributed by atoms with Crippen molar-refractivity contribution in [2.75, 3.05) is 23.0 Å². The molecule has 2 amide bonds. The van der Waals surface area contributed by atoms with Gasteiger partial charge in [-0.1, -0.05) is 24.3 Å². The van der Waals surface area contributed by atoms with Gasteiger partial charge in [-0.2, -0.15) is 0 Å². The molecular formula is C23H20N2O4S. The van der Waals surface area contributed by atoms with Crippen molar-refractivity contribution in [3.8, 4) is 0 Å². The Morgan fingerprint density at radius 2 is 1.63 bits per heavy atom. The first-order chi connectivity index (χ1) is 14.3. The highest BCUT2D eigenvalue weighted by Gasteiger charge is 2.25. The van der Waals surface area contributed by atoms with Gasteiger partial charge in [0.1, 0.15) is 0 Å². The highest BCUT2D eigenvalue weighted by atomic mass is 32.2. The number of carbonyl (C=O) groups is 2. The first-order valence-corrected chi connectivity index (χ1v) is 11.3. The second-order valence-corrected chi connectivity index (χ2v) is 9.18. The van der Waals surface area contributed by atoms with Crippen molar-refractivity contribution in [2.45, 2.75) is 11.3 Å². The highest BCUT2D eigenvalue weighted by molar-refractivity contribution is 7.90. The Bertz CT molecular complexity index is 1230. The predicted octanol–water partition coefficient (Wildman–Crippen LogP) is 3.55. The van der Waals surface area contributed by atoms with Gasteiger partial charge in [0, 0.05) is 35.3 Å². The quantitative estimate of drug-likeness (QED) is 0.700. The lowest BCUT2D eigenvalue weighted by Gasteiger charge is -2.17. The van der Waals surface area contributed by atoms with Crippen LogP contribution in [0.2, 0.25) is 0 Å². The van der Waals surface area contributed by atoms with Crippen LogP contribution in [0.3, 0.4) is 0 Å². The number of carbonyl (C=O) groups excluding carboxylic acids is 2. The molecule has 0 aromatic heterocycles. The number of hydrogen-bond donors (Lipinski definition) is 1. The summed E-state index contributed by atoms with van der Waals surface area (Å²) in [6.45, 7) is 0.646. The topological polar surface area (TPSA) is 83.5 Å². The normalized spacial score (nSPS) is 13.0. The van der Waals surface area contributed by atoms with Crippen LogP contribution in [-0.4, -0.2) is 33.0 Å².